The van der Waals surface area contributed by atoms with Gasteiger partial charge in [0.2, 0.25) is 0 Å². The van der Waals surface area contributed by atoms with Crippen LogP contribution in [0.2, 0.25) is 0 Å². The Morgan fingerprint density at radius 1 is 0.324 bits per heavy atom. The van der Waals surface area contributed by atoms with Crippen molar-refractivity contribution in [1.82, 2.24) is 13.7 Å². The highest BCUT2D eigenvalue weighted by Gasteiger charge is 2.37. The summed E-state index contributed by atoms with van der Waals surface area (Å²) in [4.78, 5) is 0. The quantitative estimate of drug-likeness (QED) is 0.132. The van der Waals surface area contributed by atoms with Crippen LogP contribution in [0.1, 0.15) is 127 Å². The molecule has 0 N–H and O–H groups in total. The fraction of sp³-hybridized carbons (Fsp3) is 0.217. The van der Waals surface area contributed by atoms with Crippen LogP contribution in [0.5, 0.6) is 11.5 Å². The topological polar surface area (TPSA) is 24.0 Å². The zero-order valence-corrected chi connectivity index (χ0v) is 44.5. The molecule has 0 amide bonds. The third kappa shape index (κ3) is 6.95. The Balaban J connectivity index is 1.14. The van der Waals surface area contributed by atoms with Crippen LogP contribution in [0.25, 0.3) is 82.5 Å². The molecular weight excluding hydrogens is 898 g/mol. The fourth-order valence-corrected chi connectivity index (χ4v) is 12.8. The Bertz CT molecular complexity index is 3910. The van der Waals surface area contributed by atoms with Gasteiger partial charge in [-0.1, -0.05) is 184 Å². The molecule has 5 heteroatoms. The van der Waals surface area contributed by atoms with E-state index in [1.54, 1.807) is 0 Å². The van der Waals surface area contributed by atoms with Crippen molar-refractivity contribution in [2.24, 2.45) is 0 Å². The molecule has 4 nitrogen and oxygen atoms in total. The molecule has 0 radical (unpaired) electrons. The first-order chi connectivity index (χ1) is 35.9. The van der Waals surface area contributed by atoms with Gasteiger partial charge in [-0.05, 0) is 129 Å². The van der Waals surface area contributed by atoms with E-state index in [0.717, 1.165) is 17.2 Å². The smallest absolute Gasteiger partial charge is 0.251 e. The Labute approximate surface area is 435 Å². The highest BCUT2D eigenvalue weighted by molar-refractivity contribution is 6.97. The molecule has 0 aliphatic carbocycles. The van der Waals surface area contributed by atoms with E-state index in [0.29, 0.717) is 17.8 Å². The van der Waals surface area contributed by atoms with Crippen LogP contribution < -0.4 is 21.1 Å². The van der Waals surface area contributed by atoms with Gasteiger partial charge in [0.1, 0.15) is 11.5 Å². The molecule has 9 aromatic carbocycles. The largest absolute Gasteiger partial charge is 0.458 e. The Morgan fingerprint density at radius 2 is 0.730 bits per heavy atom. The van der Waals surface area contributed by atoms with Crippen LogP contribution in [-0.4, -0.2) is 20.4 Å². The molecule has 364 valence electrons. The van der Waals surface area contributed by atoms with Gasteiger partial charge in [0.15, 0.2) is 0 Å². The van der Waals surface area contributed by atoms with Gasteiger partial charge in [-0.25, -0.2) is 0 Å². The van der Waals surface area contributed by atoms with Crippen molar-refractivity contribution in [2.45, 2.75) is 98.8 Å². The zero-order valence-electron chi connectivity index (χ0n) is 44.5. The maximum atomic E-state index is 7.19. The van der Waals surface area contributed by atoms with Crippen LogP contribution in [0.15, 0.2) is 176 Å². The highest BCUT2D eigenvalue weighted by Crippen LogP contribution is 2.45. The SMILES string of the molecule is CC(C)c1cc(C(C)C)c(B2c3ccccc3Oc3cc(-n4c5c(C(C)C)cc(-n6c7ccccc7c7ccccc76)cc5c5cc(-n6c7ccccc7c7ccccc76)cc(C(C)C)c54)ccc32)c(C(C)C)c1. The minimum atomic E-state index is 0.0122. The van der Waals surface area contributed by atoms with Crippen LogP contribution in [0.3, 0.4) is 0 Å². The third-order valence-corrected chi connectivity index (χ3v) is 16.4. The molecule has 0 saturated carbocycles. The summed E-state index contributed by atoms with van der Waals surface area (Å²) in [5.41, 5.74) is 21.5. The van der Waals surface area contributed by atoms with Gasteiger partial charge in [0.25, 0.3) is 6.71 Å². The average Bonchev–Trinajstić information content (AvgIpc) is 4.05. The zero-order chi connectivity index (χ0) is 50.8. The molecule has 0 saturated heterocycles. The van der Waals surface area contributed by atoms with E-state index < -0.39 is 0 Å². The summed E-state index contributed by atoms with van der Waals surface area (Å²) in [6, 6.07) is 66.4. The number of hydrogen-bond acceptors (Lipinski definition) is 1. The normalized spacial score (nSPS) is 12.9. The lowest BCUT2D eigenvalue weighted by molar-refractivity contribution is 0.487. The van der Waals surface area contributed by atoms with Crippen LogP contribution in [-0.2, 0) is 0 Å². The first-order valence-electron chi connectivity index (χ1n) is 27.1. The minimum absolute atomic E-state index is 0.0122. The second kappa shape index (κ2) is 17.4. The van der Waals surface area contributed by atoms with Crippen molar-refractivity contribution in [2.75, 3.05) is 0 Å². The number of nitrogens with zero attached hydrogens (tertiary/aromatic N) is 3. The number of aromatic nitrogens is 3. The maximum Gasteiger partial charge on any atom is 0.251 e. The molecule has 12 aromatic rings. The molecule has 3 aromatic heterocycles. The van der Waals surface area contributed by atoms with Crippen molar-refractivity contribution in [3.63, 3.8) is 0 Å². The monoisotopic (exact) mass is 962 g/mol. The summed E-state index contributed by atoms with van der Waals surface area (Å²) >= 11 is 0. The van der Waals surface area contributed by atoms with E-state index in [1.165, 1.54) is 121 Å². The molecule has 74 heavy (non-hydrogen) atoms. The molecule has 0 fully saturated rings. The fourth-order valence-electron chi connectivity index (χ4n) is 12.8. The van der Waals surface area contributed by atoms with Gasteiger partial charge >= 0.3 is 0 Å². The summed E-state index contributed by atoms with van der Waals surface area (Å²) < 4.78 is 14.8. The molecule has 1 aliphatic heterocycles. The lowest BCUT2D eigenvalue weighted by atomic mass is 9.34. The van der Waals surface area contributed by atoms with Crippen LogP contribution in [0, 0.1) is 0 Å². The first kappa shape index (κ1) is 46.1. The summed E-state index contributed by atoms with van der Waals surface area (Å²) in [5, 5.41) is 7.53. The predicted molar refractivity (Wildman–Crippen MR) is 318 cm³/mol. The third-order valence-electron chi connectivity index (χ3n) is 16.4. The number of para-hydroxylation sites is 5. The molecule has 13 rings (SSSR count). The van der Waals surface area contributed by atoms with E-state index in [4.69, 9.17) is 4.74 Å². The molecule has 1 aliphatic rings. The van der Waals surface area contributed by atoms with Crippen LogP contribution in [0.4, 0.5) is 0 Å². The van der Waals surface area contributed by atoms with Gasteiger partial charge in [-0.2, -0.15) is 0 Å². The highest BCUT2D eigenvalue weighted by atomic mass is 16.5. The lowest BCUT2D eigenvalue weighted by Crippen LogP contribution is -2.57. The van der Waals surface area contributed by atoms with Crippen molar-refractivity contribution < 1.29 is 4.74 Å². The van der Waals surface area contributed by atoms with Gasteiger partial charge < -0.3 is 18.4 Å². The molecule has 0 unspecified atom stereocenters. The number of fused-ring (bicyclic) bond motifs is 11. The Morgan fingerprint density at radius 3 is 1.16 bits per heavy atom. The second-order valence-electron chi connectivity index (χ2n) is 22.6. The van der Waals surface area contributed by atoms with Gasteiger partial charge in [0, 0.05) is 55.4 Å². The Hall–Kier alpha value is -7.76. The predicted octanol–water partition coefficient (Wildman–Crippen LogP) is 17.2. The summed E-state index contributed by atoms with van der Waals surface area (Å²) in [7, 11) is 0. The second-order valence-corrected chi connectivity index (χ2v) is 22.6. The maximum absolute atomic E-state index is 7.19. The summed E-state index contributed by atoms with van der Waals surface area (Å²) in [5.74, 6) is 3.38. The number of rotatable bonds is 9. The molecule has 4 heterocycles. The van der Waals surface area contributed by atoms with Crippen molar-refractivity contribution in [3.05, 3.63) is 204 Å². The standard InChI is InChI=1S/C69H64BN3O/c1-40(2)45-33-53(41(3)4)67(54(34-45)42(5)6)70-59-25-15-20-30-65(59)74-66-39-46(31-32-60(66)70)73-68-55(43(7)8)35-47(71-61-26-16-11-21-49(61)50-22-12-17-27-62(50)71)37-57(68)58-38-48(36-56(44(9)10)69(58)73)72-63-28-18-13-23-51(63)52-24-14-19-29-64(52)72/h11-44H,1-10H3. The Kier molecular flexibility index (Phi) is 10.9. The van der Waals surface area contributed by atoms with Gasteiger partial charge in [0.05, 0.1) is 33.1 Å². The molecule has 0 bridgehead atoms. The number of benzene rings is 9. The van der Waals surface area contributed by atoms with Gasteiger partial charge in [-0.15, -0.1) is 0 Å². The first-order valence-corrected chi connectivity index (χ1v) is 27.1. The van der Waals surface area contributed by atoms with Crippen molar-refractivity contribution >= 4 is 88.5 Å². The molecule has 0 atom stereocenters. The van der Waals surface area contributed by atoms with Gasteiger partial charge in [-0.3, -0.25) is 0 Å². The molecule has 0 spiro atoms. The lowest BCUT2D eigenvalue weighted by Gasteiger charge is -2.32. The van der Waals surface area contributed by atoms with E-state index in [1.807, 2.05) is 0 Å². The summed E-state index contributed by atoms with van der Waals surface area (Å²) in [6.07, 6.45) is 0. The number of ether oxygens (including phenoxy) is 1. The van der Waals surface area contributed by atoms with Crippen molar-refractivity contribution in [3.8, 4) is 28.6 Å². The van der Waals surface area contributed by atoms with E-state index in [-0.39, 0.29) is 18.5 Å². The minimum Gasteiger partial charge on any atom is -0.458 e. The van der Waals surface area contributed by atoms with E-state index in [2.05, 4.69) is 259 Å². The molecular formula is C69H64BN3O. The van der Waals surface area contributed by atoms with E-state index >= 15 is 0 Å². The summed E-state index contributed by atoms with van der Waals surface area (Å²) in [6.45, 7) is 23.6. The number of hydrogen-bond donors (Lipinski definition) is 0. The van der Waals surface area contributed by atoms with E-state index in [9.17, 15) is 0 Å². The van der Waals surface area contributed by atoms with Crippen LogP contribution >= 0.6 is 0 Å². The average molecular weight is 962 g/mol. The van der Waals surface area contributed by atoms with Crippen molar-refractivity contribution in [1.29, 1.82) is 0 Å².